The molecule has 31 nitrogen and oxygen atoms in total. The standard InChI is InChI=1S/C64H104O31/c1-24-36(71)40(75)44(79)53(86-24)94-51-47(82)49(92-52-43(78)37(72)28(68)21-84-52)31(20-66)89-57(51)90-35-12-13-60(5)32(61(35,6)23-67)11-14-62(7)33(60)10-9-26-27-17-59(3,4)15-16-64(27,34(70)18-63(26,62)8)58(83)95-56-50(38(73)29(69)22-85-56)93-54-46(81)42(77)48(25(2)87-54)91-55-45(80)41(76)39(74)30(19-65)88-55/h9,24-25,27-57,65-82H,10-23H2,1-8H3/t24-,25-,27-,28+,29+,30+,31+,32+,33+,34+,35-,36-,37-,38-,39+,40+,41-,42-,43+,44+,45+,46+,47-,48-,49+,50+,51+,52-,53-,54-,55-,56-,57-,60-,61+,62+,63+,64+/m0/s1. The predicted octanol–water partition coefficient (Wildman–Crippen LogP) is -5.11. The van der Waals surface area contributed by atoms with E-state index < -0.39 is 250 Å². The lowest BCUT2D eigenvalue weighted by Gasteiger charge is -2.72. The van der Waals surface area contributed by atoms with Crippen molar-refractivity contribution < 1.29 is 154 Å². The molecule has 11 aliphatic rings. The van der Waals surface area contributed by atoms with Crippen molar-refractivity contribution >= 4 is 5.97 Å². The summed E-state index contributed by atoms with van der Waals surface area (Å²) in [6, 6.07) is 0. The van der Waals surface area contributed by atoms with Crippen molar-refractivity contribution in [2.24, 2.45) is 50.2 Å². The highest BCUT2D eigenvalue weighted by Crippen LogP contribution is 2.76. The number of carbonyl (C=O) groups is 1. The van der Waals surface area contributed by atoms with E-state index in [0.717, 1.165) is 5.57 Å². The number of hydrogen-bond acceptors (Lipinski definition) is 31. The first-order valence-corrected chi connectivity index (χ1v) is 33.7. The highest BCUT2D eigenvalue weighted by molar-refractivity contribution is 5.80. The Morgan fingerprint density at radius 1 is 0.495 bits per heavy atom. The van der Waals surface area contributed by atoms with Gasteiger partial charge in [-0.1, -0.05) is 53.2 Å². The van der Waals surface area contributed by atoms with Gasteiger partial charge in [0, 0.05) is 5.41 Å². The smallest absolute Gasteiger partial charge is 0.317 e. The number of aliphatic hydroxyl groups excluding tert-OH is 18. The summed E-state index contributed by atoms with van der Waals surface area (Å²) in [4.78, 5) is 15.5. The first kappa shape index (κ1) is 74.2. The second-order valence-corrected chi connectivity index (χ2v) is 30.9. The molecule has 0 unspecified atom stereocenters. The molecule has 10 fully saturated rings. The predicted molar refractivity (Wildman–Crippen MR) is 316 cm³/mol. The van der Waals surface area contributed by atoms with Crippen molar-refractivity contribution in [1.82, 2.24) is 0 Å². The fourth-order valence-electron chi connectivity index (χ4n) is 18.9. The second kappa shape index (κ2) is 27.7. The lowest BCUT2D eigenvalue weighted by atomic mass is 9.33. The Bertz CT molecular complexity index is 2680. The molecule has 31 heteroatoms. The van der Waals surface area contributed by atoms with Gasteiger partial charge in [0.15, 0.2) is 37.6 Å². The van der Waals surface area contributed by atoms with Crippen molar-refractivity contribution in [2.45, 2.75) is 297 Å². The normalized spacial score (nSPS) is 55.6. The lowest BCUT2D eigenvalue weighted by Crippen LogP contribution is -2.69. The Hall–Kier alpha value is -1.95. The Balaban J connectivity index is 0.828. The van der Waals surface area contributed by atoms with Gasteiger partial charge in [-0.3, -0.25) is 4.79 Å². The van der Waals surface area contributed by atoms with Crippen LogP contribution in [0.5, 0.6) is 0 Å². The zero-order valence-corrected chi connectivity index (χ0v) is 54.9. The van der Waals surface area contributed by atoms with Crippen molar-refractivity contribution in [3.05, 3.63) is 11.6 Å². The van der Waals surface area contributed by atoms with Gasteiger partial charge in [0.25, 0.3) is 0 Å². The molecule has 0 aromatic carbocycles. The highest BCUT2D eigenvalue weighted by Gasteiger charge is 2.73. The second-order valence-electron chi connectivity index (χ2n) is 30.9. The molecule has 0 aromatic heterocycles. The fraction of sp³-hybridized carbons (Fsp3) is 0.953. The molecule has 11 rings (SSSR count). The lowest BCUT2D eigenvalue weighted by molar-refractivity contribution is -0.391. The van der Waals surface area contributed by atoms with Crippen molar-refractivity contribution in [1.29, 1.82) is 0 Å². The Kier molecular flexibility index (Phi) is 21.6. The van der Waals surface area contributed by atoms with Crippen molar-refractivity contribution in [3.63, 3.8) is 0 Å². The average molecular weight is 1370 g/mol. The summed E-state index contributed by atoms with van der Waals surface area (Å²) in [5.74, 6) is -1.78. The third-order valence-corrected chi connectivity index (χ3v) is 24.9. The molecule has 38 atom stereocenters. The molecule has 0 aromatic rings. The molecule has 0 bridgehead atoms. The van der Waals surface area contributed by atoms with Crippen LogP contribution in [-0.2, 0) is 61.6 Å². The minimum absolute atomic E-state index is 0.0848. The Labute approximate surface area is 550 Å². The maximum absolute atomic E-state index is 15.5. The average Bonchev–Trinajstić information content (AvgIpc) is 0.671. The van der Waals surface area contributed by atoms with E-state index >= 15 is 4.79 Å². The highest BCUT2D eigenvalue weighted by atomic mass is 16.8. The number of aliphatic hydroxyl groups is 18. The topological polar surface area (TPSA) is 492 Å². The largest absolute Gasteiger partial charge is 0.432 e. The number of esters is 1. The molecule has 0 amide bonds. The number of ether oxygens (including phenoxy) is 12. The van der Waals surface area contributed by atoms with Crippen LogP contribution in [0.1, 0.15) is 113 Å². The first-order valence-electron chi connectivity index (χ1n) is 33.7. The zero-order valence-electron chi connectivity index (χ0n) is 54.9. The number of fused-ring (bicyclic) bond motifs is 7. The summed E-state index contributed by atoms with van der Waals surface area (Å²) in [7, 11) is 0. The van der Waals surface area contributed by atoms with Crippen LogP contribution < -0.4 is 0 Å². The first-order chi connectivity index (χ1) is 44.6. The van der Waals surface area contributed by atoms with E-state index in [1.807, 2.05) is 6.92 Å². The van der Waals surface area contributed by atoms with E-state index in [1.165, 1.54) is 13.8 Å². The van der Waals surface area contributed by atoms with Gasteiger partial charge < -0.3 is 149 Å². The third kappa shape index (κ3) is 12.5. The van der Waals surface area contributed by atoms with Crippen LogP contribution in [0.4, 0.5) is 0 Å². The summed E-state index contributed by atoms with van der Waals surface area (Å²) in [6.07, 6.45) is -42.5. The number of hydrogen-bond donors (Lipinski definition) is 18. The molecule has 4 saturated carbocycles. The van der Waals surface area contributed by atoms with Gasteiger partial charge in [-0.25, -0.2) is 0 Å². The van der Waals surface area contributed by atoms with Gasteiger partial charge in [-0.15, -0.1) is 0 Å². The van der Waals surface area contributed by atoms with Crippen LogP contribution in [0.2, 0.25) is 0 Å². The molecule has 6 aliphatic heterocycles. The molecule has 546 valence electrons. The maximum Gasteiger partial charge on any atom is 0.317 e. The van der Waals surface area contributed by atoms with E-state index in [-0.39, 0.29) is 36.7 Å². The number of allylic oxidation sites excluding steroid dienone is 2. The maximum atomic E-state index is 15.5. The molecule has 0 spiro atoms. The summed E-state index contributed by atoms with van der Waals surface area (Å²) < 4.78 is 72.3. The summed E-state index contributed by atoms with van der Waals surface area (Å²) in [6.45, 7) is 12.7. The van der Waals surface area contributed by atoms with E-state index in [4.69, 9.17) is 56.8 Å². The van der Waals surface area contributed by atoms with E-state index in [2.05, 4.69) is 40.7 Å². The molecule has 95 heavy (non-hydrogen) atoms. The van der Waals surface area contributed by atoms with Crippen LogP contribution in [0.25, 0.3) is 0 Å². The monoisotopic (exact) mass is 1370 g/mol. The van der Waals surface area contributed by atoms with Crippen LogP contribution in [-0.4, -0.2) is 315 Å². The van der Waals surface area contributed by atoms with Gasteiger partial charge >= 0.3 is 5.97 Å². The number of rotatable bonds is 15. The van der Waals surface area contributed by atoms with Gasteiger partial charge in [0.2, 0.25) is 6.29 Å². The molecule has 18 N–H and O–H groups in total. The van der Waals surface area contributed by atoms with Gasteiger partial charge in [-0.2, -0.15) is 0 Å². The van der Waals surface area contributed by atoms with E-state index in [0.29, 0.717) is 44.9 Å². The SMILES string of the molecule is C[C@@H]1O[C@@H](O[C@H]2[C@H](O[C@H]3CC[C@@]4(C)[C@@H](CC[C@]5(C)[C@@H]4CC=C4[C@@H]6CC(C)(C)CC[C@]6(C(=O)O[C@@H]6OC[C@@H](O)[C@H](O)[C@H]6O[C@@H]6O[C@@H](C)[C@H](O[C@@H]7O[C@H](CO)[C@@H](O)[C@H](O)[C@H]7O)[C@@H](O)[C@H]6O)[C@H](O)C[C@]45C)[C@@]3(C)CO)O[C@H](CO)[C@@H](O[C@@H]3OC[C@@H](O)[C@H](O)[C@H]3O)[C@@H]2O)[C@H](O)[C@H](O)[C@H]1O. The molecule has 0 radical (unpaired) electrons. The van der Waals surface area contributed by atoms with Crippen molar-refractivity contribution in [3.8, 4) is 0 Å². The van der Waals surface area contributed by atoms with E-state index in [9.17, 15) is 91.9 Å². The van der Waals surface area contributed by atoms with Crippen LogP contribution in [0.15, 0.2) is 11.6 Å². The van der Waals surface area contributed by atoms with Crippen LogP contribution in [0, 0.1) is 50.2 Å². The third-order valence-electron chi connectivity index (χ3n) is 24.9. The molecule has 6 heterocycles. The molecule has 6 saturated heterocycles. The molecular weight excluding hydrogens is 1260 g/mol. The van der Waals surface area contributed by atoms with Crippen LogP contribution in [0.3, 0.4) is 0 Å². The summed E-state index contributed by atoms with van der Waals surface area (Å²) in [5, 5.41) is 198. The fourth-order valence-corrected chi connectivity index (χ4v) is 18.9. The Morgan fingerprint density at radius 3 is 1.68 bits per heavy atom. The van der Waals surface area contributed by atoms with Crippen LogP contribution >= 0.6 is 0 Å². The quantitative estimate of drug-likeness (QED) is 0.0414. The van der Waals surface area contributed by atoms with Crippen molar-refractivity contribution in [2.75, 3.05) is 33.0 Å². The summed E-state index contributed by atoms with van der Waals surface area (Å²) >= 11 is 0. The molecule has 5 aliphatic carbocycles. The minimum atomic E-state index is -1.98. The number of carbonyl (C=O) groups excluding carboxylic acids is 1. The van der Waals surface area contributed by atoms with E-state index in [1.54, 1.807) is 0 Å². The van der Waals surface area contributed by atoms with Gasteiger partial charge in [-0.05, 0) is 111 Å². The molecular formula is C64H104O31. The van der Waals surface area contributed by atoms with Gasteiger partial charge in [0.1, 0.15) is 121 Å². The summed E-state index contributed by atoms with van der Waals surface area (Å²) in [5.41, 5.74) is -3.77. The van der Waals surface area contributed by atoms with Gasteiger partial charge in [0.05, 0.1) is 57.5 Å². The minimum Gasteiger partial charge on any atom is -0.432 e. The zero-order chi connectivity index (χ0) is 69.3. The Morgan fingerprint density at radius 2 is 1.04 bits per heavy atom.